The molecule has 0 unspecified atom stereocenters. The van der Waals surface area contributed by atoms with Crippen LogP contribution in [-0.2, 0) is 19.1 Å². The third-order valence-corrected chi connectivity index (χ3v) is 4.10. The number of nitrogens with one attached hydrogen (secondary N) is 2. The maximum absolute atomic E-state index is 12.0. The predicted octanol–water partition coefficient (Wildman–Crippen LogP) is -3.45. The van der Waals surface area contributed by atoms with Gasteiger partial charge in [0.25, 0.3) is 0 Å². The van der Waals surface area contributed by atoms with E-state index in [9.17, 15) is 19.8 Å². The first-order valence-electron chi connectivity index (χ1n) is 8.03. The zero-order valence-corrected chi connectivity index (χ0v) is 13.3. The van der Waals surface area contributed by atoms with Crippen molar-refractivity contribution >= 4 is 11.8 Å². The Morgan fingerprint density at radius 2 is 2.00 bits per heavy atom. The summed E-state index contributed by atoms with van der Waals surface area (Å²) in [6.07, 6.45) is -4.48. The largest absolute Gasteiger partial charge is 0.394 e. The number of aliphatic hydroxyl groups excluding tert-OH is 3. The third-order valence-electron chi connectivity index (χ3n) is 4.10. The molecule has 7 N–H and O–H groups in total. The minimum atomic E-state index is -1.34. The summed E-state index contributed by atoms with van der Waals surface area (Å²) in [5.74, 6) is -0.911. The molecule has 2 saturated heterocycles. The second-order valence-electron chi connectivity index (χ2n) is 5.92. The molecular formula is C14H25N3O7. The van der Waals surface area contributed by atoms with Crippen LogP contribution in [0.4, 0.5) is 0 Å². The molecule has 0 aromatic heterocycles. The molecule has 0 spiro atoms. The summed E-state index contributed by atoms with van der Waals surface area (Å²) in [6.45, 7) is 0.500. The lowest BCUT2D eigenvalue weighted by molar-refractivity contribution is -0.290. The van der Waals surface area contributed by atoms with E-state index in [2.05, 4.69) is 10.6 Å². The highest BCUT2D eigenvalue weighted by Gasteiger charge is 2.50. The number of hydrogen-bond donors (Lipinski definition) is 6. The fourth-order valence-electron chi connectivity index (χ4n) is 2.71. The van der Waals surface area contributed by atoms with Gasteiger partial charge in [-0.05, 0) is 19.4 Å². The lowest BCUT2D eigenvalue weighted by Gasteiger charge is -2.46. The normalized spacial score (nSPS) is 35.9. The number of aliphatic hydroxyl groups is 3. The number of morpholine rings is 1. The predicted molar refractivity (Wildman–Crippen MR) is 80.5 cm³/mol. The minimum absolute atomic E-state index is 0.191. The van der Waals surface area contributed by atoms with Gasteiger partial charge in [-0.3, -0.25) is 9.59 Å². The molecule has 2 heterocycles. The van der Waals surface area contributed by atoms with Gasteiger partial charge in [0.2, 0.25) is 11.8 Å². The van der Waals surface area contributed by atoms with Crippen molar-refractivity contribution in [1.82, 2.24) is 10.6 Å². The molecule has 0 bridgehead atoms. The van der Waals surface area contributed by atoms with Crippen molar-refractivity contribution in [1.29, 1.82) is 0 Å². The van der Waals surface area contributed by atoms with E-state index in [1.165, 1.54) is 0 Å². The molecule has 24 heavy (non-hydrogen) atoms. The topological polar surface area (TPSA) is 163 Å². The SMILES string of the molecule is NCCCCNC(=O)C[C@@H]1O[C@@H]2O[C@H](CO)[C@H](O)[C@H](O)[C@H]2NC1=O. The van der Waals surface area contributed by atoms with Gasteiger partial charge in [0.15, 0.2) is 6.29 Å². The molecule has 2 aliphatic heterocycles. The van der Waals surface area contributed by atoms with Crippen molar-refractivity contribution in [2.24, 2.45) is 5.73 Å². The lowest BCUT2D eigenvalue weighted by atomic mass is 9.95. The quantitative estimate of drug-likeness (QED) is 0.259. The van der Waals surface area contributed by atoms with Gasteiger partial charge in [-0.15, -0.1) is 0 Å². The maximum Gasteiger partial charge on any atom is 0.250 e. The number of fused-ring (bicyclic) bond motifs is 1. The molecule has 0 saturated carbocycles. The minimum Gasteiger partial charge on any atom is -0.394 e. The number of carbonyl (C=O) groups is 2. The highest BCUT2D eigenvalue weighted by molar-refractivity contribution is 5.88. The average Bonchev–Trinajstić information content (AvgIpc) is 2.56. The monoisotopic (exact) mass is 347 g/mol. The highest BCUT2D eigenvalue weighted by atomic mass is 16.7. The summed E-state index contributed by atoms with van der Waals surface area (Å²) in [7, 11) is 0. The molecule has 2 aliphatic rings. The van der Waals surface area contributed by atoms with Crippen LogP contribution in [0.5, 0.6) is 0 Å². The van der Waals surface area contributed by atoms with Gasteiger partial charge < -0.3 is 41.2 Å². The van der Waals surface area contributed by atoms with Crippen molar-refractivity contribution in [3.8, 4) is 0 Å². The molecule has 2 fully saturated rings. The van der Waals surface area contributed by atoms with Crippen molar-refractivity contribution in [2.75, 3.05) is 19.7 Å². The Morgan fingerprint density at radius 1 is 1.25 bits per heavy atom. The number of unbranched alkanes of at least 4 members (excludes halogenated alkanes) is 1. The Kier molecular flexibility index (Phi) is 6.90. The third kappa shape index (κ3) is 4.41. The first-order chi connectivity index (χ1) is 11.5. The number of carbonyl (C=O) groups excluding carboxylic acids is 2. The standard InChI is InChI=1S/C14H25N3O7/c15-3-1-2-4-16-9(19)5-7-13(22)17-10-12(21)11(20)8(6-18)24-14(10)23-7/h7-8,10-12,14,18,20-21H,1-6,15H2,(H,16,19)(H,17,22)/t7-,8+,10+,11-,12+,14+/m0/s1. The lowest BCUT2D eigenvalue weighted by Crippen LogP contribution is -2.69. The first-order valence-corrected chi connectivity index (χ1v) is 8.03. The smallest absolute Gasteiger partial charge is 0.250 e. The summed E-state index contributed by atoms with van der Waals surface area (Å²) in [5, 5.41) is 34.1. The van der Waals surface area contributed by atoms with E-state index in [-0.39, 0.29) is 12.3 Å². The van der Waals surface area contributed by atoms with E-state index in [0.29, 0.717) is 13.1 Å². The number of rotatable bonds is 7. The molecule has 10 heteroatoms. The molecular weight excluding hydrogens is 322 g/mol. The van der Waals surface area contributed by atoms with Crippen LogP contribution in [0.15, 0.2) is 0 Å². The second-order valence-corrected chi connectivity index (χ2v) is 5.92. The van der Waals surface area contributed by atoms with Crippen LogP contribution < -0.4 is 16.4 Å². The van der Waals surface area contributed by atoms with Crippen LogP contribution in [0.2, 0.25) is 0 Å². The van der Waals surface area contributed by atoms with Crippen molar-refractivity contribution in [2.45, 2.75) is 56.0 Å². The van der Waals surface area contributed by atoms with Crippen LogP contribution >= 0.6 is 0 Å². The Morgan fingerprint density at radius 3 is 2.67 bits per heavy atom. The summed E-state index contributed by atoms with van der Waals surface area (Å²) >= 11 is 0. The van der Waals surface area contributed by atoms with Gasteiger partial charge >= 0.3 is 0 Å². The molecule has 6 atom stereocenters. The fourth-order valence-corrected chi connectivity index (χ4v) is 2.71. The van der Waals surface area contributed by atoms with Crippen LogP contribution in [0.25, 0.3) is 0 Å². The van der Waals surface area contributed by atoms with Gasteiger partial charge in [-0.25, -0.2) is 0 Å². The number of hydrogen-bond acceptors (Lipinski definition) is 8. The van der Waals surface area contributed by atoms with Crippen molar-refractivity contribution in [3.63, 3.8) is 0 Å². The molecule has 2 rings (SSSR count). The van der Waals surface area contributed by atoms with Crippen molar-refractivity contribution in [3.05, 3.63) is 0 Å². The van der Waals surface area contributed by atoms with E-state index in [0.717, 1.165) is 12.8 Å². The van der Waals surface area contributed by atoms with E-state index in [4.69, 9.17) is 20.3 Å². The summed E-state index contributed by atoms with van der Waals surface area (Å²) in [6, 6.07) is -0.959. The molecule has 0 aromatic rings. The van der Waals surface area contributed by atoms with Crippen LogP contribution in [0.1, 0.15) is 19.3 Å². The fraction of sp³-hybridized carbons (Fsp3) is 0.857. The molecule has 0 aromatic carbocycles. The maximum atomic E-state index is 12.0. The molecule has 2 amide bonds. The van der Waals surface area contributed by atoms with Gasteiger partial charge in [0, 0.05) is 6.54 Å². The Balaban J connectivity index is 1.88. The van der Waals surface area contributed by atoms with E-state index < -0.39 is 49.3 Å². The Labute approximate surface area is 139 Å². The van der Waals surface area contributed by atoms with Crippen LogP contribution in [0.3, 0.4) is 0 Å². The van der Waals surface area contributed by atoms with E-state index in [1.54, 1.807) is 0 Å². The summed E-state index contributed by atoms with van der Waals surface area (Å²) < 4.78 is 10.8. The van der Waals surface area contributed by atoms with E-state index >= 15 is 0 Å². The molecule has 10 nitrogen and oxygen atoms in total. The molecule has 138 valence electrons. The van der Waals surface area contributed by atoms with Crippen molar-refractivity contribution < 1.29 is 34.4 Å². The molecule has 0 aliphatic carbocycles. The van der Waals surface area contributed by atoms with Gasteiger partial charge in [-0.2, -0.15) is 0 Å². The Hall–Kier alpha value is -1.30. The van der Waals surface area contributed by atoms with Gasteiger partial charge in [0.1, 0.15) is 30.5 Å². The highest BCUT2D eigenvalue weighted by Crippen LogP contribution is 2.26. The Bertz CT molecular complexity index is 450. The van der Waals surface area contributed by atoms with Gasteiger partial charge in [0.05, 0.1) is 13.0 Å². The first kappa shape index (κ1) is 19.0. The zero-order valence-electron chi connectivity index (χ0n) is 13.3. The van der Waals surface area contributed by atoms with E-state index in [1.807, 2.05) is 0 Å². The van der Waals surface area contributed by atoms with Gasteiger partial charge in [-0.1, -0.05) is 0 Å². The van der Waals surface area contributed by atoms with Crippen LogP contribution in [0, 0.1) is 0 Å². The number of amides is 2. The second kappa shape index (κ2) is 8.70. The number of ether oxygens (including phenoxy) is 2. The average molecular weight is 347 g/mol. The zero-order chi connectivity index (χ0) is 17.7. The summed E-state index contributed by atoms with van der Waals surface area (Å²) in [5.41, 5.74) is 5.36. The molecule has 0 radical (unpaired) electrons. The summed E-state index contributed by atoms with van der Waals surface area (Å²) in [4.78, 5) is 23.9. The van der Waals surface area contributed by atoms with Crippen LogP contribution in [-0.4, -0.2) is 83.6 Å². The number of nitrogens with two attached hydrogens (primary N) is 1.